The zero-order valence-electron chi connectivity index (χ0n) is 10.0. The van der Waals surface area contributed by atoms with E-state index in [1.807, 2.05) is 0 Å². The number of aliphatic hydroxyl groups excluding tert-OH is 1. The van der Waals surface area contributed by atoms with Gasteiger partial charge in [0.25, 0.3) is 0 Å². The summed E-state index contributed by atoms with van der Waals surface area (Å²) in [5, 5.41) is 8.85. The van der Waals surface area contributed by atoms with Gasteiger partial charge < -0.3 is 20.6 Å². The summed E-state index contributed by atoms with van der Waals surface area (Å²) in [6, 6.07) is 0.633. The number of piperazine rings is 1. The molecule has 1 fully saturated rings. The highest BCUT2D eigenvalue weighted by Gasteiger charge is 2.22. The number of likely N-dealkylation sites (N-methyl/N-ethyl adjacent to an activating group) is 1. The molecule has 4 heteroatoms. The third kappa shape index (κ3) is 4.07. The molecule has 90 valence electrons. The van der Waals surface area contributed by atoms with Gasteiger partial charge in [0, 0.05) is 31.7 Å². The van der Waals surface area contributed by atoms with Crippen LogP contribution in [0.1, 0.15) is 19.8 Å². The molecule has 0 amide bonds. The summed E-state index contributed by atoms with van der Waals surface area (Å²) in [7, 11) is 2.20. The molecular weight excluding hydrogens is 190 g/mol. The fourth-order valence-corrected chi connectivity index (χ4v) is 2.09. The Kier molecular flexibility index (Phi) is 5.53. The molecule has 0 bridgehead atoms. The van der Waals surface area contributed by atoms with Crippen molar-refractivity contribution in [3.8, 4) is 0 Å². The van der Waals surface area contributed by atoms with Crippen LogP contribution in [0.25, 0.3) is 0 Å². The number of hydrogen-bond acceptors (Lipinski definition) is 4. The molecule has 0 radical (unpaired) electrons. The van der Waals surface area contributed by atoms with Crippen molar-refractivity contribution in [1.82, 2.24) is 9.80 Å². The van der Waals surface area contributed by atoms with Crippen LogP contribution < -0.4 is 5.73 Å². The first-order chi connectivity index (χ1) is 7.17. The van der Waals surface area contributed by atoms with Crippen molar-refractivity contribution in [1.29, 1.82) is 0 Å². The van der Waals surface area contributed by atoms with Gasteiger partial charge in [-0.15, -0.1) is 0 Å². The van der Waals surface area contributed by atoms with Crippen LogP contribution in [0, 0.1) is 0 Å². The van der Waals surface area contributed by atoms with Gasteiger partial charge in [-0.2, -0.15) is 0 Å². The van der Waals surface area contributed by atoms with Gasteiger partial charge in [0.05, 0.1) is 6.61 Å². The van der Waals surface area contributed by atoms with Gasteiger partial charge in [0.2, 0.25) is 0 Å². The van der Waals surface area contributed by atoms with Crippen LogP contribution in [-0.2, 0) is 0 Å². The largest absolute Gasteiger partial charge is 0.395 e. The predicted molar refractivity (Wildman–Crippen MR) is 62.8 cm³/mol. The van der Waals surface area contributed by atoms with Crippen molar-refractivity contribution in [2.24, 2.45) is 5.73 Å². The third-order valence-corrected chi connectivity index (χ3v) is 3.38. The Labute approximate surface area is 93.0 Å². The van der Waals surface area contributed by atoms with E-state index in [-0.39, 0.29) is 12.6 Å². The maximum atomic E-state index is 8.85. The first-order valence-corrected chi connectivity index (χ1v) is 5.96. The molecule has 0 saturated carbocycles. The SMILES string of the molecule is CCC1CN(CCC(N)CO)CCN1C. The fraction of sp³-hybridized carbons (Fsp3) is 1.00. The molecule has 2 atom stereocenters. The van der Waals surface area contributed by atoms with Crippen LogP contribution in [0.15, 0.2) is 0 Å². The van der Waals surface area contributed by atoms with Gasteiger partial charge in [-0.05, 0) is 26.4 Å². The predicted octanol–water partition coefficient (Wildman–Crippen LogP) is -0.278. The smallest absolute Gasteiger partial charge is 0.0583 e. The monoisotopic (exact) mass is 215 g/mol. The molecule has 0 aromatic heterocycles. The van der Waals surface area contributed by atoms with Crippen LogP contribution in [0.4, 0.5) is 0 Å². The van der Waals surface area contributed by atoms with E-state index in [9.17, 15) is 0 Å². The average molecular weight is 215 g/mol. The van der Waals surface area contributed by atoms with E-state index in [1.54, 1.807) is 0 Å². The summed E-state index contributed by atoms with van der Waals surface area (Å²) in [5.74, 6) is 0. The Hall–Kier alpha value is -0.160. The van der Waals surface area contributed by atoms with Crippen molar-refractivity contribution < 1.29 is 5.11 Å². The van der Waals surface area contributed by atoms with Crippen molar-refractivity contribution in [3.63, 3.8) is 0 Å². The summed E-state index contributed by atoms with van der Waals surface area (Å²) in [6.07, 6.45) is 2.11. The van der Waals surface area contributed by atoms with Crippen LogP contribution in [-0.4, -0.2) is 66.8 Å². The number of rotatable bonds is 5. The van der Waals surface area contributed by atoms with E-state index in [2.05, 4.69) is 23.8 Å². The Morgan fingerprint density at radius 3 is 2.80 bits per heavy atom. The van der Waals surface area contributed by atoms with Crippen molar-refractivity contribution in [2.75, 3.05) is 39.8 Å². The van der Waals surface area contributed by atoms with Gasteiger partial charge >= 0.3 is 0 Å². The minimum atomic E-state index is -0.0512. The molecule has 15 heavy (non-hydrogen) atoms. The van der Waals surface area contributed by atoms with E-state index < -0.39 is 0 Å². The molecule has 1 aliphatic heterocycles. The van der Waals surface area contributed by atoms with Crippen molar-refractivity contribution >= 4 is 0 Å². The molecule has 1 heterocycles. The molecule has 4 nitrogen and oxygen atoms in total. The number of aliphatic hydroxyl groups is 1. The highest BCUT2D eigenvalue weighted by molar-refractivity contribution is 4.79. The van der Waals surface area contributed by atoms with E-state index in [1.165, 1.54) is 6.42 Å². The first kappa shape index (κ1) is 12.9. The van der Waals surface area contributed by atoms with Crippen LogP contribution >= 0.6 is 0 Å². The molecule has 0 aliphatic carbocycles. The maximum absolute atomic E-state index is 8.85. The third-order valence-electron chi connectivity index (χ3n) is 3.38. The Morgan fingerprint density at radius 1 is 1.47 bits per heavy atom. The topological polar surface area (TPSA) is 52.7 Å². The lowest BCUT2D eigenvalue weighted by Gasteiger charge is -2.39. The quantitative estimate of drug-likeness (QED) is 0.662. The lowest BCUT2D eigenvalue weighted by Crippen LogP contribution is -2.51. The molecule has 0 aromatic carbocycles. The van der Waals surface area contributed by atoms with Gasteiger partial charge in [-0.1, -0.05) is 6.92 Å². The van der Waals surface area contributed by atoms with Gasteiger partial charge in [-0.25, -0.2) is 0 Å². The summed E-state index contributed by atoms with van der Waals surface area (Å²) < 4.78 is 0. The minimum Gasteiger partial charge on any atom is -0.395 e. The Morgan fingerprint density at radius 2 is 2.20 bits per heavy atom. The standard InChI is InChI=1S/C11H25N3O/c1-3-11-8-14(7-6-13(11)2)5-4-10(12)9-15/h10-11,15H,3-9,12H2,1-2H3. The fourth-order valence-electron chi connectivity index (χ4n) is 2.09. The molecule has 3 N–H and O–H groups in total. The summed E-state index contributed by atoms with van der Waals surface area (Å²) in [5.41, 5.74) is 5.70. The van der Waals surface area contributed by atoms with Gasteiger partial charge in [0.1, 0.15) is 0 Å². The number of nitrogens with two attached hydrogens (primary N) is 1. The van der Waals surface area contributed by atoms with Crippen LogP contribution in [0.2, 0.25) is 0 Å². The number of nitrogens with zero attached hydrogens (tertiary/aromatic N) is 2. The van der Waals surface area contributed by atoms with Crippen molar-refractivity contribution in [3.05, 3.63) is 0 Å². The van der Waals surface area contributed by atoms with Crippen LogP contribution in [0.5, 0.6) is 0 Å². The van der Waals surface area contributed by atoms with Gasteiger partial charge in [0.15, 0.2) is 0 Å². The second kappa shape index (κ2) is 6.43. The van der Waals surface area contributed by atoms with E-state index in [4.69, 9.17) is 10.8 Å². The lowest BCUT2D eigenvalue weighted by atomic mass is 10.1. The molecule has 0 spiro atoms. The van der Waals surface area contributed by atoms with E-state index >= 15 is 0 Å². The zero-order valence-corrected chi connectivity index (χ0v) is 10.0. The normalized spacial score (nSPS) is 26.8. The summed E-state index contributed by atoms with van der Waals surface area (Å²) >= 11 is 0. The second-order valence-corrected chi connectivity index (χ2v) is 4.57. The molecule has 1 aliphatic rings. The highest BCUT2D eigenvalue weighted by Crippen LogP contribution is 2.10. The average Bonchev–Trinajstić information content (AvgIpc) is 2.27. The molecule has 1 rings (SSSR count). The molecule has 1 saturated heterocycles. The molecular formula is C11H25N3O. The lowest BCUT2D eigenvalue weighted by molar-refractivity contribution is 0.0892. The summed E-state index contributed by atoms with van der Waals surface area (Å²) in [6.45, 7) is 6.78. The highest BCUT2D eigenvalue weighted by atomic mass is 16.3. The molecule has 0 aromatic rings. The summed E-state index contributed by atoms with van der Waals surface area (Å²) in [4.78, 5) is 4.89. The zero-order chi connectivity index (χ0) is 11.3. The molecule has 2 unspecified atom stereocenters. The van der Waals surface area contributed by atoms with E-state index in [0.29, 0.717) is 6.04 Å². The minimum absolute atomic E-state index is 0.0512. The second-order valence-electron chi connectivity index (χ2n) is 4.57. The van der Waals surface area contributed by atoms with Crippen molar-refractivity contribution in [2.45, 2.75) is 31.8 Å². The van der Waals surface area contributed by atoms with E-state index in [0.717, 1.165) is 32.6 Å². The number of hydrogen-bond donors (Lipinski definition) is 2. The first-order valence-electron chi connectivity index (χ1n) is 5.96. The maximum Gasteiger partial charge on any atom is 0.0583 e. The van der Waals surface area contributed by atoms with Crippen LogP contribution in [0.3, 0.4) is 0 Å². The van der Waals surface area contributed by atoms with Gasteiger partial charge in [-0.3, -0.25) is 0 Å². The Balaban J connectivity index is 2.26. The Bertz CT molecular complexity index is 177.